The average Bonchev–Trinajstić information content (AvgIpc) is 3.16. The minimum Gasteiger partial charge on any atom is -0.477 e. The summed E-state index contributed by atoms with van der Waals surface area (Å²) < 4.78 is 39.7. The Balaban J connectivity index is 1.82. The maximum Gasteiger partial charge on any atom is 0.364 e. The van der Waals surface area contributed by atoms with Crippen molar-refractivity contribution in [3.8, 4) is 0 Å². The predicted octanol–water partition coefficient (Wildman–Crippen LogP) is -10.3. The summed E-state index contributed by atoms with van der Waals surface area (Å²) in [5.41, 5.74) is 0. The zero-order chi connectivity index (χ0) is 42.7. The van der Waals surface area contributed by atoms with Crippen molar-refractivity contribution in [1.82, 2.24) is 10.6 Å². The molecule has 2 amide bonds. The third kappa shape index (κ3) is 10.2. The van der Waals surface area contributed by atoms with Crippen LogP contribution in [0.5, 0.6) is 0 Å². The van der Waals surface area contributed by atoms with Crippen LogP contribution in [0, 0.1) is 0 Å². The van der Waals surface area contributed by atoms with Gasteiger partial charge in [0.1, 0.15) is 91.5 Å². The molecule has 4 heterocycles. The van der Waals surface area contributed by atoms with E-state index in [-0.39, 0.29) is 0 Å². The molecule has 330 valence electrons. The molecule has 0 radical (unpaired) electrons. The van der Waals surface area contributed by atoms with Crippen LogP contribution in [0.4, 0.5) is 0 Å². The zero-order valence-electron chi connectivity index (χ0n) is 30.4. The molecule has 26 heteroatoms. The molecular formula is C31H52N2O24. The van der Waals surface area contributed by atoms with Crippen molar-refractivity contribution in [3.63, 3.8) is 0 Å². The quantitative estimate of drug-likeness (QED) is 0.0728. The van der Waals surface area contributed by atoms with E-state index in [1.807, 2.05) is 0 Å². The molecule has 0 bridgehead atoms. The number of ether oxygens (including phenoxy) is 7. The fraction of sp³-hybridized carbons (Fsp3) is 0.903. The van der Waals surface area contributed by atoms with Gasteiger partial charge in [0.2, 0.25) is 11.8 Å². The molecular weight excluding hydrogens is 784 g/mol. The highest BCUT2D eigenvalue weighted by Gasteiger charge is 2.61. The second kappa shape index (κ2) is 19.8. The van der Waals surface area contributed by atoms with E-state index in [0.717, 1.165) is 13.8 Å². The summed E-state index contributed by atoms with van der Waals surface area (Å²) in [7, 11) is 0. The summed E-state index contributed by atoms with van der Waals surface area (Å²) in [6.07, 6.45) is -37.1. The summed E-state index contributed by atoms with van der Waals surface area (Å²) in [6.45, 7) is -2.13. The van der Waals surface area contributed by atoms with Gasteiger partial charge in [0, 0.05) is 20.3 Å². The Kier molecular flexibility index (Phi) is 16.4. The highest BCUT2D eigenvalue weighted by atomic mass is 16.8. The lowest BCUT2D eigenvalue weighted by molar-refractivity contribution is -0.400. The Morgan fingerprint density at radius 2 is 1.23 bits per heavy atom. The number of amides is 2. The smallest absolute Gasteiger partial charge is 0.364 e. The summed E-state index contributed by atoms with van der Waals surface area (Å²) >= 11 is 0. The molecule has 4 fully saturated rings. The van der Waals surface area contributed by atoms with Crippen molar-refractivity contribution < 1.29 is 119 Å². The Bertz CT molecular complexity index is 1350. The van der Waals surface area contributed by atoms with E-state index < -0.39 is 179 Å². The Labute approximate surface area is 322 Å². The topological polar surface area (TPSA) is 423 Å². The standard InChI is InChI=1S/C31H52N2O24/c1-8(38)32-15-10(40)3-31(30(49)50,56-25(15)17(42)11(41)4-34)57-26-22(47)29(54-23-13(6-36)51-27(48)21(46)20(23)45)53-14(7-37)24(26)55-28-16(33-9(2)39)19(44)18(43)12(5-35)52-28/h10-29,34-37,40-48H,3-7H2,1-2H3,(H,32,38)(H,33,39)(H,49,50)/t10-,11+,12+,13+,14+,15+,16+,17+,18+,19+,20+,21+,22+,23+,24-,25+,26+,27+,28-,29-,31-/m0/s1. The van der Waals surface area contributed by atoms with E-state index in [2.05, 4.69) is 10.6 Å². The van der Waals surface area contributed by atoms with E-state index in [0.29, 0.717) is 0 Å². The largest absolute Gasteiger partial charge is 0.477 e. The van der Waals surface area contributed by atoms with Gasteiger partial charge in [-0.3, -0.25) is 9.59 Å². The molecule has 4 rings (SSSR count). The number of carboxylic acids is 1. The molecule has 0 aromatic carbocycles. The second-order valence-corrected chi connectivity index (χ2v) is 14.0. The maximum atomic E-state index is 13.1. The van der Waals surface area contributed by atoms with Gasteiger partial charge in [-0.1, -0.05) is 0 Å². The summed E-state index contributed by atoms with van der Waals surface area (Å²) in [6, 6.07) is -3.34. The van der Waals surface area contributed by atoms with Crippen molar-refractivity contribution in [1.29, 1.82) is 0 Å². The second-order valence-electron chi connectivity index (χ2n) is 14.0. The van der Waals surface area contributed by atoms with Gasteiger partial charge >= 0.3 is 5.97 Å². The fourth-order valence-corrected chi connectivity index (χ4v) is 7.05. The molecule has 57 heavy (non-hydrogen) atoms. The van der Waals surface area contributed by atoms with Gasteiger partial charge in [0.05, 0.1) is 38.6 Å². The summed E-state index contributed by atoms with van der Waals surface area (Å²) in [5, 5.41) is 151. The lowest BCUT2D eigenvalue weighted by Crippen LogP contribution is -2.72. The van der Waals surface area contributed by atoms with Crippen molar-refractivity contribution in [2.75, 3.05) is 26.4 Å². The van der Waals surface area contributed by atoms with Gasteiger partial charge in [-0.15, -0.1) is 0 Å². The monoisotopic (exact) mass is 836 g/mol. The minimum absolute atomic E-state index is 0.803. The molecule has 4 saturated heterocycles. The lowest BCUT2D eigenvalue weighted by atomic mass is 9.88. The first kappa shape index (κ1) is 47.3. The van der Waals surface area contributed by atoms with Gasteiger partial charge in [-0.05, 0) is 0 Å². The maximum absolute atomic E-state index is 13.1. The number of carbonyl (C=O) groups excluding carboxylic acids is 2. The minimum atomic E-state index is -3.22. The Morgan fingerprint density at radius 3 is 1.77 bits per heavy atom. The molecule has 16 N–H and O–H groups in total. The van der Waals surface area contributed by atoms with Crippen LogP contribution in [-0.2, 0) is 47.5 Å². The summed E-state index contributed by atoms with van der Waals surface area (Å²) in [4.78, 5) is 37.3. The van der Waals surface area contributed by atoms with Crippen molar-refractivity contribution in [2.45, 2.75) is 149 Å². The van der Waals surface area contributed by atoms with Crippen LogP contribution in [0.25, 0.3) is 0 Å². The normalized spacial score (nSPS) is 45.1. The molecule has 26 nitrogen and oxygen atoms in total. The van der Waals surface area contributed by atoms with E-state index in [1.54, 1.807) is 0 Å². The van der Waals surface area contributed by atoms with Crippen LogP contribution in [0.1, 0.15) is 20.3 Å². The molecule has 21 atom stereocenters. The number of hydrogen-bond donors (Lipinski definition) is 16. The molecule has 0 aromatic rings. The molecule has 0 aliphatic carbocycles. The van der Waals surface area contributed by atoms with Crippen LogP contribution in [0.3, 0.4) is 0 Å². The molecule has 0 saturated carbocycles. The first-order valence-corrected chi connectivity index (χ1v) is 17.7. The number of aliphatic carboxylic acids is 1. The SMILES string of the molecule is CC(=O)N[C@H]1[C@H](O[C@@H]2[C@H](O[C@]3(C(=O)O)C[C@H](O)[C@@H](NC(C)=O)[C@H]([C@H](O)[C@H](O)CO)O3)[C@@H](O)[C@H](O[C@H]3[C@H](O)[C@@H](O)[C@H](O)O[C@@H]3CO)O[C@@H]2CO)O[C@H](CO)[C@@H](O)[C@@H]1O. The van der Waals surface area contributed by atoms with Gasteiger partial charge in [-0.2, -0.15) is 0 Å². The van der Waals surface area contributed by atoms with Gasteiger partial charge in [0.15, 0.2) is 18.9 Å². The number of aliphatic hydroxyl groups is 13. The highest BCUT2D eigenvalue weighted by Crippen LogP contribution is 2.40. The third-order valence-corrected chi connectivity index (χ3v) is 9.98. The van der Waals surface area contributed by atoms with E-state index in [1.165, 1.54) is 0 Å². The van der Waals surface area contributed by atoms with Crippen LogP contribution in [-0.4, -0.2) is 244 Å². The summed E-state index contributed by atoms with van der Waals surface area (Å²) in [5.74, 6) is -6.92. The van der Waals surface area contributed by atoms with Crippen LogP contribution >= 0.6 is 0 Å². The zero-order valence-corrected chi connectivity index (χ0v) is 30.4. The Hall–Kier alpha value is -2.39. The van der Waals surface area contributed by atoms with Crippen LogP contribution in [0.2, 0.25) is 0 Å². The van der Waals surface area contributed by atoms with Crippen LogP contribution in [0.15, 0.2) is 0 Å². The van der Waals surface area contributed by atoms with E-state index in [9.17, 15) is 85.9 Å². The van der Waals surface area contributed by atoms with E-state index in [4.69, 9.17) is 33.2 Å². The van der Waals surface area contributed by atoms with Crippen LogP contribution < -0.4 is 10.6 Å². The number of carbonyl (C=O) groups is 3. The van der Waals surface area contributed by atoms with Crippen molar-refractivity contribution in [3.05, 3.63) is 0 Å². The average molecular weight is 837 g/mol. The molecule has 0 spiro atoms. The molecule has 0 aromatic heterocycles. The molecule has 4 aliphatic rings. The lowest BCUT2D eigenvalue weighted by Gasteiger charge is -2.52. The third-order valence-electron chi connectivity index (χ3n) is 9.98. The van der Waals surface area contributed by atoms with Crippen molar-refractivity contribution in [2.24, 2.45) is 0 Å². The van der Waals surface area contributed by atoms with Crippen molar-refractivity contribution >= 4 is 17.8 Å². The number of nitrogens with one attached hydrogen (secondary N) is 2. The Morgan fingerprint density at radius 1 is 0.684 bits per heavy atom. The number of hydrogen-bond acceptors (Lipinski definition) is 23. The fourth-order valence-electron chi connectivity index (χ4n) is 7.05. The number of rotatable bonds is 15. The number of aliphatic hydroxyl groups excluding tert-OH is 13. The molecule has 4 aliphatic heterocycles. The first-order valence-electron chi connectivity index (χ1n) is 17.7. The van der Waals surface area contributed by atoms with Gasteiger partial charge < -0.3 is 115 Å². The van der Waals surface area contributed by atoms with Gasteiger partial charge in [0.25, 0.3) is 5.79 Å². The predicted molar refractivity (Wildman–Crippen MR) is 174 cm³/mol. The number of carboxylic acid groups (broad SMARTS) is 1. The van der Waals surface area contributed by atoms with Gasteiger partial charge in [-0.25, -0.2) is 4.79 Å². The molecule has 0 unspecified atom stereocenters. The van der Waals surface area contributed by atoms with E-state index >= 15 is 0 Å². The first-order chi connectivity index (χ1) is 26.7. The highest BCUT2D eigenvalue weighted by molar-refractivity contribution is 5.76.